The lowest BCUT2D eigenvalue weighted by atomic mass is 10.1. The Kier molecular flexibility index (Phi) is 7.12. The summed E-state index contributed by atoms with van der Waals surface area (Å²) in [5, 5.41) is 12.5. The first-order valence-corrected chi connectivity index (χ1v) is 11.2. The molecule has 0 aliphatic carbocycles. The highest BCUT2D eigenvalue weighted by Gasteiger charge is 2.15. The van der Waals surface area contributed by atoms with Crippen molar-refractivity contribution in [3.8, 4) is 0 Å². The fourth-order valence-electron chi connectivity index (χ4n) is 3.07. The van der Waals surface area contributed by atoms with E-state index in [0.717, 1.165) is 40.8 Å². The second-order valence-corrected chi connectivity index (χ2v) is 8.75. The fourth-order valence-corrected chi connectivity index (χ4v) is 4.82. The largest absolute Gasteiger partial charge is 0.325 e. The van der Waals surface area contributed by atoms with Gasteiger partial charge in [0.2, 0.25) is 5.91 Å². The summed E-state index contributed by atoms with van der Waals surface area (Å²) in [6.07, 6.45) is 0.732. The van der Waals surface area contributed by atoms with Crippen LogP contribution in [0.25, 0.3) is 0 Å². The SMILES string of the molecule is CCn1c(Cc2ccccc2)nnc1SCC(=O)Nc1c(C)cc(I)cc1C. The monoisotopic (exact) mass is 506 g/mol. The number of amides is 1. The van der Waals surface area contributed by atoms with E-state index in [0.29, 0.717) is 5.75 Å². The van der Waals surface area contributed by atoms with Crippen molar-refractivity contribution in [1.82, 2.24) is 14.8 Å². The zero-order chi connectivity index (χ0) is 20.1. The lowest BCUT2D eigenvalue weighted by Crippen LogP contribution is -2.16. The molecule has 28 heavy (non-hydrogen) atoms. The Balaban J connectivity index is 1.65. The summed E-state index contributed by atoms with van der Waals surface area (Å²) in [6, 6.07) is 14.4. The third kappa shape index (κ3) is 5.14. The van der Waals surface area contributed by atoms with E-state index in [9.17, 15) is 4.79 Å². The summed E-state index contributed by atoms with van der Waals surface area (Å²) in [4.78, 5) is 12.5. The first-order valence-electron chi connectivity index (χ1n) is 9.13. The fraction of sp³-hybridized carbons (Fsp3) is 0.286. The summed E-state index contributed by atoms with van der Waals surface area (Å²) >= 11 is 3.71. The molecule has 0 saturated heterocycles. The number of carbonyl (C=O) groups is 1. The Morgan fingerprint density at radius 3 is 2.46 bits per heavy atom. The van der Waals surface area contributed by atoms with E-state index in [4.69, 9.17) is 0 Å². The molecule has 7 heteroatoms. The molecule has 0 spiro atoms. The molecule has 1 N–H and O–H groups in total. The van der Waals surface area contributed by atoms with Crippen molar-refractivity contribution in [2.75, 3.05) is 11.1 Å². The van der Waals surface area contributed by atoms with Gasteiger partial charge in [0.25, 0.3) is 0 Å². The van der Waals surface area contributed by atoms with Gasteiger partial charge in [0.05, 0.1) is 5.75 Å². The van der Waals surface area contributed by atoms with E-state index in [-0.39, 0.29) is 5.91 Å². The summed E-state index contributed by atoms with van der Waals surface area (Å²) in [7, 11) is 0. The molecule has 1 amide bonds. The zero-order valence-electron chi connectivity index (χ0n) is 16.2. The van der Waals surface area contributed by atoms with Gasteiger partial charge >= 0.3 is 0 Å². The molecule has 5 nitrogen and oxygen atoms in total. The minimum Gasteiger partial charge on any atom is -0.325 e. The number of aryl methyl sites for hydroxylation is 2. The van der Waals surface area contributed by atoms with E-state index in [1.807, 2.05) is 32.0 Å². The van der Waals surface area contributed by atoms with Crippen molar-refractivity contribution < 1.29 is 4.79 Å². The van der Waals surface area contributed by atoms with Gasteiger partial charge in [-0.1, -0.05) is 42.1 Å². The summed E-state index contributed by atoms with van der Waals surface area (Å²) in [5.74, 6) is 1.18. The Bertz CT molecular complexity index is 949. The number of carbonyl (C=O) groups excluding carboxylic acids is 1. The molecule has 3 rings (SSSR count). The first kappa shape index (κ1) is 20.9. The van der Waals surface area contributed by atoms with Crippen LogP contribution in [0.15, 0.2) is 47.6 Å². The first-order chi connectivity index (χ1) is 13.5. The molecule has 2 aromatic carbocycles. The minimum atomic E-state index is -0.0346. The van der Waals surface area contributed by atoms with Crippen LogP contribution in [0.4, 0.5) is 5.69 Å². The molecule has 0 bridgehead atoms. The normalized spacial score (nSPS) is 10.9. The van der Waals surface area contributed by atoms with Crippen LogP contribution in [0, 0.1) is 17.4 Å². The molecule has 0 fully saturated rings. The van der Waals surface area contributed by atoms with Gasteiger partial charge in [-0.15, -0.1) is 10.2 Å². The maximum absolute atomic E-state index is 12.5. The Labute approximate surface area is 183 Å². The van der Waals surface area contributed by atoms with Gasteiger partial charge in [-0.3, -0.25) is 4.79 Å². The summed E-state index contributed by atoms with van der Waals surface area (Å²) in [5.41, 5.74) is 4.24. The quantitative estimate of drug-likeness (QED) is 0.368. The maximum atomic E-state index is 12.5. The number of nitrogens with one attached hydrogen (secondary N) is 1. The third-order valence-corrected chi connectivity index (χ3v) is 6.00. The highest BCUT2D eigenvalue weighted by molar-refractivity contribution is 14.1. The standard InChI is InChI=1S/C21H23IN4OS/c1-4-26-18(12-16-8-6-5-7-9-16)24-25-21(26)28-13-19(27)23-20-14(2)10-17(22)11-15(20)3/h5-11H,4,12-13H2,1-3H3,(H,23,27). The molecule has 0 atom stereocenters. The van der Waals surface area contributed by atoms with Crippen molar-refractivity contribution in [1.29, 1.82) is 0 Å². The summed E-state index contributed by atoms with van der Waals surface area (Å²) < 4.78 is 3.24. The van der Waals surface area contributed by atoms with Crippen LogP contribution in [0.1, 0.15) is 29.4 Å². The van der Waals surface area contributed by atoms with Gasteiger partial charge in [-0.2, -0.15) is 0 Å². The average Bonchev–Trinajstić information content (AvgIpc) is 3.05. The van der Waals surface area contributed by atoms with Crippen LogP contribution in [0.5, 0.6) is 0 Å². The van der Waals surface area contributed by atoms with Crippen LogP contribution in [0.3, 0.4) is 0 Å². The van der Waals surface area contributed by atoms with Gasteiger partial charge in [-0.25, -0.2) is 0 Å². The third-order valence-electron chi connectivity index (χ3n) is 4.41. The lowest BCUT2D eigenvalue weighted by molar-refractivity contribution is -0.113. The van der Waals surface area contributed by atoms with Crippen molar-refractivity contribution in [3.05, 3.63) is 68.5 Å². The molecule has 3 aromatic rings. The van der Waals surface area contributed by atoms with E-state index >= 15 is 0 Å². The molecular weight excluding hydrogens is 483 g/mol. The van der Waals surface area contributed by atoms with Crippen LogP contribution >= 0.6 is 34.4 Å². The highest BCUT2D eigenvalue weighted by Crippen LogP contribution is 2.24. The molecule has 1 heterocycles. The van der Waals surface area contributed by atoms with E-state index < -0.39 is 0 Å². The lowest BCUT2D eigenvalue weighted by Gasteiger charge is -2.12. The number of thioether (sulfide) groups is 1. The number of rotatable bonds is 7. The summed E-state index contributed by atoms with van der Waals surface area (Å²) in [6.45, 7) is 6.87. The van der Waals surface area contributed by atoms with E-state index in [1.165, 1.54) is 20.9 Å². The number of halogens is 1. The van der Waals surface area contributed by atoms with Crippen molar-refractivity contribution in [2.45, 2.75) is 38.9 Å². The average molecular weight is 506 g/mol. The van der Waals surface area contributed by atoms with Gasteiger partial charge in [0.15, 0.2) is 5.16 Å². The van der Waals surface area contributed by atoms with E-state index in [2.05, 4.69) is 73.9 Å². The Morgan fingerprint density at radius 1 is 1.14 bits per heavy atom. The Hall–Kier alpha value is -1.87. The van der Waals surface area contributed by atoms with Gasteiger partial charge in [-0.05, 0) is 72.2 Å². The molecule has 0 aliphatic heterocycles. The van der Waals surface area contributed by atoms with Gasteiger partial charge < -0.3 is 9.88 Å². The smallest absolute Gasteiger partial charge is 0.234 e. The van der Waals surface area contributed by atoms with E-state index in [1.54, 1.807) is 0 Å². The second kappa shape index (κ2) is 9.56. The van der Waals surface area contributed by atoms with Crippen molar-refractivity contribution in [3.63, 3.8) is 0 Å². The van der Waals surface area contributed by atoms with Gasteiger partial charge in [0, 0.05) is 22.2 Å². The number of benzene rings is 2. The molecule has 0 saturated carbocycles. The molecule has 0 unspecified atom stereocenters. The van der Waals surface area contributed by atoms with Crippen LogP contribution in [-0.4, -0.2) is 26.4 Å². The molecule has 1 aromatic heterocycles. The topological polar surface area (TPSA) is 59.8 Å². The maximum Gasteiger partial charge on any atom is 0.234 e. The second-order valence-electron chi connectivity index (χ2n) is 6.56. The number of aromatic nitrogens is 3. The number of hydrogen-bond donors (Lipinski definition) is 1. The Morgan fingerprint density at radius 2 is 1.82 bits per heavy atom. The van der Waals surface area contributed by atoms with Gasteiger partial charge in [0.1, 0.15) is 5.82 Å². The molecule has 146 valence electrons. The predicted octanol–water partition coefficient (Wildman–Crippen LogP) is 4.84. The molecule has 0 radical (unpaired) electrons. The molecule has 0 aliphatic rings. The van der Waals surface area contributed by atoms with Crippen LogP contribution in [-0.2, 0) is 17.8 Å². The van der Waals surface area contributed by atoms with Crippen LogP contribution in [0.2, 0.25) is 0 Å². The van der Waals surface area contributed by atoms with Crippen molar-refractivity contribution >= 4 is 45.9 Å². The zero-order valence-corrected chi connectivity index (χ0v) is 19.2. The highest BCUT2D eigenvalue weighted by atomic mass is 127. The molecular formula is C21H23IN4OS. The minimum absolute atomic E-state index is 0.0346. The number of nitrogens with zero attached hydrogens (tertiary/aromatic N) is 3. The number of anilines is 1. The predicted molar refractivity (Wildman–Crippen MR) is 123 cm³/mol. The van der Waals surface area contributed by atoms with Crippen molar-refractivity contribution in [2.24, 2.45) is 0 Å². The van der Waals surface area contributed by atoms with Crippen LogP contribution < -0.4 is 5.32 Å². The number of hydrogen-bond acceptors (Lipinski definition) is 4.